The number of aliphatic carboxylic acids is 2. The highest BCUT2D eigenvalue weighted by Gasteiger charge is 2.54. The van der Waals surface area contributed by atoms with Crippen LogP contribution in [-0.4, -0.2) is 85.4 Å². The van der Waals surface area contributed by atoms with Crippen LogP contribution in [0.15, 0.2) is 21.8 Å². The van der Waals surface area contributed by atoms with Crippen LogP contribution in [0, 0.1) is 0 Å². The van der Waals surface area contributed by atoms with Crippen molar-refractivity contribution in [3.05, 3.63) is 22.3 Å². The summed E-state index contributed by atoms with van der Waals surface area (Å²) in [5.74, 6) is -4.64. The minimum atomic E-state index is -1.83. The number of halogens is 2. The van der Waals surface area contributed by atoms with Crippen molar-refractivity contribution in [3.8, 4) is 0 Å². The van der Waals surface area contributed by atoms with Gasteiger partial charge in [-0.05, 0) is 6.92 Å². The van der Waals surface area contributed by atoms with Crippen molar-refractivity contribution in [1.82, 2.24) is 15.2 Å². The maximum Gasteiger partial charge on any atom is 0.352 e. The molecule has 204 valence electrons. The molecule has 0 spiro atoms. The summed E-state index contributed by atoms with van der Waals surface area (Å²) < 4.78 is 4.86. The number of oxime groups is 1. The van der Waals surface area contributed by atoms with Gasteiger partial charge in [0.25, 0.3) is 11.8 Å². The zero-order valence-electron chi connectivity index (χ0n) is 19.2. The molecular weight excluding hydrogens is 577 g/mol. The molecule has 1 aromatic heterocycles. The topological polar surface area (TPSA) is 211 Å². The van der Waals surface area contributed by atoms with E-state index in [1.54, 1.807) is 5.38 Å². The van der Waals surface area contributed by atoms with E-state index in [9.17, 15) is 34.2 Å². The van der Waals surface area contributed by atoms with Crippen LogP contribution in [0.25, 0.3) is 0 Å². The molecule has 1 fully saturated rings. The maximum absolute atomic E-state index is 12.6. The number of carboxylic acids is 2. The quantitative estimate of drug-likeness (QED) is 0.123. The number of amides is 2. The second kappa shape index (κ2) is 12.9. The SMILES string of the molecule is CC(=O)OCC1=C(C(=O)O)N2C(=O)C(NC(=O)/C=N\OC(C)(Cc3csc(N)n3)C(=O)O)C2SC1.Cl.Cl. The highest BCUT2D eigenvalue weighted by molar-refractivity contribution is 8.00. The summed E-state index contributed by atoms with van der Waals surface area (Å²) in [6.45, 7) is 2.16. The molecule has 2 aliphatic rings. The van der Waals surface area contributed by atoms with E-state index in [-0.39, 0.29) is 60.0 Å². The molecule has 18 heteroatoms. The molecule has 0 aromatic carbocycles. The number of carbonyl (C=O) groups excluding carboxylic acids is 3. The van der Waals surface area contributed by atoms with Crippen molar-refractivity contribution in [2.75, 3.05) is 18.1 Å². The first-order valence-corrected chi connectivity index (χ1v) is 11.8. The van der Waals surface area contributed by atoms with Crippen molar-refractivity contribution in [2.24, 2.45) is 5.16 Å². The fraction of sp³-hybridized carbons (Fsp3) is 0.421. The molecule has 0 radical (unpaired) electrons. The number of β-lactam (4-membered cyclic amide) rings is 1. The van der Waals surface area contributed by atoms with Crippen LogP contribution >= 0.6 is 47.9 Å². The smallest absolute Gasteiger partial charge is 0.352 e. The van der Waals surface area contributed by atoms with E-state index in [1.807, 2.05) is 0 Å². The molecule has 3 heterocycles. The van der Waals surface area contributed by atoms with Gasteiger partial charge >= 0.3 is 17.9 Å². The summed E-state index contributed by atoms with van der Waals surface area (Å²) in [6.07, 6.45) is 0.518. The van der Waals surface area contributed by atoms with Gasteiger partial charge in [0.15, 0.2) is 5.13 Å². The summed E-state index contributed by atoms with van der Waals surface area (Å²) in [5, 5.41) is 26.0. The van der Waals surface area contributed by atoms with Crippen LogP contribution < -0.4 is 11.1 Å². The minimum absolute atomic E-state index is 0. The number of aromatic nitrogens is 1. The summed E-state index contributed by atoms with van der Waals surface area (Å²) >= 11 is 2.32. The number of thioether (sulfide) groups is 1. The van der Waals surface area contributed by atoms with Crippen LogP contribution in [0.1, 0.15) is 19.5 Å². The molecule has 2 amide bonds. The van der Waals surface area contributed by atoms with Crippen molar-refractivity contribution in [3.63, 3.8) is 0 Å². The molecular formula is C19H23Cl2N5O9S2. The number of nitrogen functional groups attached to an aromatic ring is 1. The Hall–Kier alpha value is -3.08. The molecule has 1 aromatic rings. The number of hydrogen-bond donors (Lipinski definition) is 4. The first kappa shape index (κ1) is 31.9. The van der Waals surface area contributed by atoms with Crippen molar-refractivity contribution in [1.29, 1.82) is 0 Å². The maximum atomic E-state index is 12.6. The molecule has 0 saturated carbocycles. The number of carbonyl (C=O) groups is 5. The van der Waals surface area contributed by atoms with Crippen LogP contribution in [0.5, 0.6) is 0 Å². The zero-order valence-corrected chi connectivity index (χ0v) is 22.5. The molecule has 3 unspecified atom stereocenters. The van der Waals surface area contributed by atoms with E-state index in [2.05, 4.69) is 15.5 Å². The number of carboxylic acid groups (broad SMARTS) is 2. The molecule has 37 heavy (non-hydrogen) atoms. The van der Waals surface area contributed by atoms with Crippen molar-refractivity contribution in [2.45, 2.75) is 37.3 Å². The largest absolute Gasteiger partial charge is 0.478 e. The number of hydrogen-bond acceptors (Lipinski definition) is 12. The van der Waals surface area contributed by atoms with E-state index in [4.69, 9.17) is 15.3 Å². The number of thiazole rings is 1. The van der Waals surface area contributed by atoms with Gasteiger partial charge in [-0.25, -0.2) is 14.6 Å². The Labute approximate surface area is 230 Å². The number of nitrogens with one attached hydrogen (secondary N) is 1. The first-order valence-electron chi connectivity index (χ1n) is 9.91. The van der Waals surface area contributed by atoms with Gasteiger partial charge in [0.05, 0.1) is 5.69 Å². The zero-order chi connectivity index (χ0) is 25.9. The molecule has 1 saturated heterocycles. The third kappa shape index (κ3) is 7.24. The standard InChI is InChI=1S/C19H21N5O9S2.2ClH/c1-8(25)32-5-9-6-34-15-12(14(27)24(15)13(9)16(28)29)23-11(26)4-21-33-19(2,17(30)31)3-10-7-35-18(20)22-10;;/h4,7,12,15H,3,5-6H2,1-2H3,(H2,20,22)(H,23,26)(H,28,29)(H,30,31);2*1H/b21-4-;;. The lowest BCUT2D eigenvalue weighted by Crippen LogP contribution is -2.70. The fourth-order valence-electron chi connectivity index (χ4n) is 3.26. The van der Waals surface area contributed by atoms with Crippen LogP contribution in [0.4, 0.5) is 5.13 Å². The molecule has 5 N–H and O–H groups in total. The van der Waals surface area contributed by atoms with Gasteiger partial charge in [0, 0.05) is 30.1 Å². The number of nitrogens with zero attached hydrogens (tertiary/aromatic N) is 3. The highest BCUT2D eigenvalue weighted by atomic mass is 35.5. The van der Waals surface area contributed by atoms with Gasteiger partial charge in [-0.2, -0.15) is 0 Å². The van der Waals surface area contributed by atoms with Gasteiger partial charge in [-0.15, -0.1) is 47.9 Å². The normalized spacial score (nSPS) is 19.9. The Bertz CT molecular complexity index is 1140. The van der Waals surface area contributed by atoms with E-state index in [0.29, 0.717) is 11.9 Å². The average Bonchev–Trinajstić information content (AvgIpc) is 3.19. The Kier molecular flexibility index (Phi) is 11.2. The number of rotatable bonds is 10. The summed E-state index contributed by atoms with van der Waals surface area (Å²) in [7, 11) is 0. The summed E-state index contributed by atoms with van der Waals surface area (Å²) in [6, 6.07) is -1.03. The van der Waals surface area contributed by atoms with E-state index in [0.717, 1.165) is 16.2 Å². The first-order chi connectivity index (χ1) is 16.4. The van der Waals surface area contributed by atoms with E-state index >= 15 is 0 Å². The second-order valence-electron chi connectivity index (χ2n) is 7.65. The van der Waals surface area contributed by atoms with Gasteiger partial charge in [-0.3, -0.25) is 19.3 Å². The Morgan fingerprint density at radius 3 is 2.57 bits per heavy atom. The monoisotopic (exact) mass is 599 g/mol. The number of fused-ring (bicyclic) bond motifs is 1. The molecule has 0 bridgehead atoms. The fourth-order valence-corrected chi connectivity index (χ4v) is 5.15. The van der Waals surface area contributed by atoms with Crippen LogP contribution in [0.2, 0.25) is 0 Å². The molecule has 0 aliphatic carbocycles. The second-order valence-corrected chi connectivity index (χ2v) is 9.64. The van der Waals surface area contributed by atoms with Crippen molar-refractivity contribution >= 4 is 89.0 Å². The van der Waals surface area contributed by atoms with Crippen molar-refractivity contribution < 1.29 is 43.8 Å². The lowest BCUT2D eigenvalue weighted by molar-refractivity contribution is -0.163. The predicted molar refractivity (Wildman–Crippen MR) is 137 cm³/mol. The van der Waals surface area contributed by atoms with Gasteiger partial charge in [0.1, 0.15) is 29.9 Å². The lowest BCUT2D eigenvalue weighted by atomic mass is 10.0. The van der Waals surface area contributed by atoms with Crippen LogP contribution in [0.3, 0.4) is 0 Å². The van der Waals surface area contributed by atoms with E-state index in [1.165, 1.54) is 25.6 Å². The number of esters is 1. The van der Waals surface area contributed by atoms with Gasteiger partial charge in [0.2, 0.25) is 5.60 Å². The predicted octanol–water partition coefficient (Wildman–Crippen LogP) is 0.259. The molecule has 2 aliphatic heterocycles. The number of anilines is 1. The highest BCUT2D eigenvalue weighted by Crippen LogP contribution is 2.40. The Morgan fingerprint density at radius 2 is 2.03 bits per heavy atom. The van der Waals surface area contributed by atoms with Crippen LogP contribution in [-0.2, 0) is 40.0 Å². The van der Waals surface area contributed by atoms with E-state index < -0.39 is 46.7 Å². The molecule has 14 nitrogen and oxygen atoms in total. The molecule has 3 atom stereocenters. The summed E-state index contributed by atoms with van der Waals surface area (Å²) in [4.78, 5) is 69.3. The average molecular weight is 600 g/mol. The van der Waals surface area contributed by atoms with Gasteiger partial charge < -0.3 is 30.8 Å². The Morgan fingerprint density at radius 1 is 1.35 bits per heavy atom. The summed E-state index contributed by atoms with van der Waals surface area (Å²) in [5.41, 5.74) is 4.06. The third-order valence-corrected chi connectivity index (χ3v) is 7.02. The third-order valence-electron chi connectivity index (χ3n) is 4.96. The minimum Gasteiger partial charge on any atom is -0.478 e. The number of ether oxygens (including phenoxy) is 1. The molecule has 3 rings (SSSR count). The lowest BCUT2D eigenvalue weighted by Gasteiger charge is -2.49. The number of nitrogens with two attached hydrogens (primary N) is 1. The Balaban J connectivity index is 0.00000342. The van der Waals surface area contributed by atoms with Gasteiger partial charge in [-0.1, -0.05) is 5.16 Å².